The van der Waals surface area contributed by atoms with Gasteiger partial charge in [0.1, 0.15) is 22.7 Å². The van der Waals surface area contributed by atoms with Gasteiger partial charge in [0.2, 0.25) is 5.91 Å². The van der Waals surface area contributed by atoms with Crippen LogP contribution in [0.2, 0.25) is 5.02 Å². The van der Waals surface area contributed by atoms with Crippen LogP contribution in [0.4, 0.5) is 13.6 Å². The molecule has 3 rings (SSSR count). The second-order valence-corrected chi connectivity index (χ2v) is 6.93. The van der Waals surface area contributed by atoms with Crippen molar-refractivity contribution in [2.75, 3.05) is 19.8 Å². The van der Waals surface area contributed by atoms with Gasteiger partial charge in [0.15, 0.2) is 0 Å². The van der Waals surface area contributed by atoms with Crippen molar-refractivity contribution in [2.24, 2.45) is 5.92 Å². The van der Waals surface area contributed by atoms with E-state index in [0.717, 1.165) is 18.9 Å². The molecule has 0 radical (unpaired) electrons. The van der Waals surface area contributed by atoms with E-state index in [1.54, 1.807) is 0 Å². The first-order chi connectivity index (χ1) is 12.5. The highest BCUT2D eigenvalue weighted by atomic mass is 35.5. The van der Waals surface area contributed by atoms with Crippen LogP contribution >= 0.6 is 11.6 Å². The molecule has 0 spiro atoms. The number of rotatable bonds is 5. The molecule has 3 N–H and O–H groups in total. The van der Waals surface area contributed by atoms with Crippen molar-refractivity contribution in [1.82, 2.24) is 16.0 Å². The Morgan fingerprint density at radius 1 is 1.42 bits per heavy atom. The molecular weight excluding hydrogens is 368 g/mol. The maximum Gasteiger partial charge on any atom is 0.315 e. The monoisotopic (exact) mass is 387 g/mol. The van der Waals surface area contributed by atoms with Crippen LogP contribution in [0.5, 0.6) is 0 Å². The molecule has 3 amide bonds. The lowest BCUT2D eigenvalue weighted by Crippen LogP contribution is -2.45. The Morgan fingerprint density at radius 2 is 2.23 bits per heavy atom. The molecule has 0 bridgehead atoms. The summed E-state index contributed by atoms with van der Waals surface area (Å²) >= 11 is 5.70. The number of nitrogens with one attached hydrogen (secondary N) is 3. The highest BCUT2D eigenvalue weighted by Crippen LogP contribution is 2.31. The number of carbonyl (C=O) groups is 2. The normalized spacial score (nSPS) is 23.9. The average Bonchev–Trinajstić information content (AvgIpc) is 3.07. The van der Waals surface area contributed by atoms with Crippen LogP contribution in [0.25, 0.3) is 0 Å². The Hall–Kier alpha value is -1.93. The van der Waals surface area contributed by atoms with Crippen molar-refractivity contribution in [1.29, 1.82) is 0 Å². The summed E-state index contributed by atoms with van der Waals surface area (Å²) in [7, 11) is 0. The van der Waals surface area contributed by atoms with E-state index in [1.807, 2.05) is 0 Å². The minimum atomic E-state index is -0.887. The van der Waals surface area contributed by atoms with Gasteiger partial charge in [0.05, 0.1) is 6.04 Å². The summed E-state index contributed by atoms with van der Waals surface area (Å²) in [5.41, 5.74) is 0.118. The maximum atomic E-state index is 14.5. The molecule has 0 aromatic heterocycles. The highest BCUT2D eigenvalue weighted by molar-refractivity contribution is 6.31. The zero-order valence-corrected chi connectivity index (χ0v) is 14.7. The number of benzene rings is 1. The molecule has 0 aliphatic carbocycles. The molecule has 26 heavy (non-hydrogen) atoms. The Kier molecular flexibility index (Phi) is 5.93. The first-order valence-electron chi connectivity index (χ1n) is 8.51. The molecule has 6 nitrogen and oxygen atoms in total. The largest absolute Gasteiger partial charge is 0.381 e. The van der Waals surface area contributed by atoms with Gasteiger partial charge in [-0.1, -0.05) is 17.7 Å². The van der Waals surface area contributed by atoms with Gasteiger partial charge in [-0.05, 0) is 31.2 Å². The van der Waals surface area contributed by atoms with E-state index in [0.29, 0.717) is 19.6 Å². The number of hydrogen-bond donors (Lipinski definition) is 3. The topological polar surface area (TPSA) is 79.5 Å². The standard InChI is InChI=1S/C17H20ClF2N3O3/c18-14-11(19)4-3-10(15(14)20)12(6-9-2-1-5-26-8-9)22-16(24)13-7-21-17(25)23-13/h3-4,9,12-13H,1-2,5-8H2,(H,22,24)(H2,21,23,25)/t9-,12?,13+/m1/s1. The number of urea groups is 1. The van der Waals surface area contributed by atoms with E-state index in [4.69, 9.17) is 16.3 Å². The molecule has 2 aliphatic rings. The van der Waals surface area contributed by atoms with Gasteiger partial charge in [-0.15, -0.1) is 0 Å². The molecule has 9 heteroatoms. The highest BCUT2D eigenvalue weighted by Gasteiger charge is 2.31. The second-order valence-electron chi connectivity index (χ2n) is 6.55. The Morgan fingerprint density at radius 3 is 2.88 bits per heavy atom. The fourth-order valence-electron chi connectivity index (χ4n) is 3.29. The molecule has 2 aliphatic heterocycles. The quantitative estimate of drug-likeness (QED) is 0.678. The molecule has 2 heterocycles. The van der Waals surface area contributed by atoms with E-state index < -0.39 is 40.7 Å². The van der Waals surface area contributed by atoms with Crippen molar-refractivity contribution in [2.45, 2.75) is 31.3 Å². The Bertz CT molecular complexity index is 698. The van der Waals surface area contributed by atoms with Crippen LogP contribution < -0.4 is 16.0 Å². The molecule has 1 aromatic rings. The first-order valence-corrected chi connectivity index (χ1v) is 8.89. The average molecular weight is 388 g/mol. The summed E-state index contributed by atoms with van der Waals surface area (Å²) in [4.78, 5) is 23.7. The number of ether oxygens (including phenoxy) is 1. The summed E-state index contributed by atoms with van der Waals surface area (Å²) in [6.07, 6.45) is 2.21. The molecular formula is C17H20ClF2N3O3. The predicted molar refractivity (Wildman–Crippen MR) is 90.7 cm³/mol. The molecule has 142 valence electrons. The smallest absolute Gasteiger partial charge is 0.315 e. The van der Waals surface area contributed by atoms with Gasteiger partial charge in [0, 0.05) is 25.3 Å². The van der Waals surface area contributed by atoms with Gasteiger partial charge in [0.25, 0.3) is 0 Å². The zero-order chi connectivity index (χ0) is 18.7. The lowest BCUT2D eigenvalue weighted by Gasteiger charge is -2.28. The van der Waals surface area contributed by atoms with Crippen LogP contribution in [-0.2, 0) is 9.53 Å². The van der Waals surface area contributed by atoms with Crippen LogP contribution in [0, 0.1) is 17.6 Å². The van der Waals surface area contributed by atoms with E-state index in [-0.39, 0.29) is 18.0 Å². The Labute approximate surface area is 154 Å². The van der Waals surface area contributed by atoms with Crippen molar-refractivity contribution >= 4 is 23.5 Å². The minimum absolute atomic E-state index is 0.118. The lowest BCUT2D eigenvalue weighted by atomic mass is 9.90. The number of hydrogen-bond acceptors (Lipinski definition) is 3. The molecule has 3 atom stereocenters. The third-order valence-electron chi connectivity index (χ3n) is 4.67. The summed E-state index contributed by atoms with van der Waals surface area (Å²) < 4.78 is 33.5. The fraction of sp³-hybridized carbons (Fsp3) is 0.529. The molecule has 1 unspecified atom stereocenters. The lowest BCUT2D eigenvalue weighted by molar-refractivity contribution is -0.123. The van der Waals surface area contributed by atoms with Crippen molar-refractivity contribution in [3.63, 3.8) is 0 Å². The van der Waals surface area contributed by atoms with E-state index >= 15 is 0 Å². The van der Waals surface area contributed by atoms with Crippen molar-refractivity contribution in [3.05, 3.63) is 34.4 Å². The van der Waals surface area contributed by atoms with Crippen LogP contribution in [0.3, 0.4) is 0 Å². The maximum absolute atomic E-state index is 14.5. The van der Waals surface area contributed by atoms with E-state index in [9.17, 15) is 18.4 Å². The Balaban J connectivity index is 1.80. The molecule has 2 fully saturated rings. The van der Waals surface area contributed by atoms with Gasteiger partial charge in [-0.3, -0.25) is 4.79 Å². The number of carbonyl (C=O) groups excluding carboxylic acids is 2. The minimum Gasteiger partial charge on any atom is -0.381 e. The SMILES string of the molecule is O=C1NC[C@@H](C(=O)NC(C[C@H]2CCCOC2)c2ccc(F)c(Cl)c2F)N1. The van der Waals surface area contributed by atoms with Crippen LogP contribution in [-0.4, -0.2) is 37.7 Å². The van der Waals surface area contributed by atoms with E-state index in [2.05, 4.69) is 16.0 Å². The molecule has 0 saturated carbocycles. The number of halogens is 3. The fourth-order valence-corrected chi connectivity index (χ4v) is 3.46. The molecule has 2 saturated heterocycles. The first kappa shape index (κ1) is 18.8. The van der Waals surface area contributed by atoms with Gasteiger partial charge in [-0.2, -0.15) is 0 Å². The summed E-state index contributed by atoms with van der Waals surface area (Å²) in [5.74, 6) is -2.05. The summed E-state index contributed by atoms with van der Waals surface area (Å²) in [6, 6.07) is 0.488. The number of amides is 3. The van der Waals surface area contributed by atoms with Gasteiger partial charge >= 0.3 is 6.03 Å². The second kappa shape index (κ2) is 8.18. The third kappa shape index (κ3) is 4.24. The molecule has 1 aromatic carbocycles. The van der Waals surface area contributed by atoms with Gasteiger partial charge < -0.3 is 20.7 Å². The van der Waals surface area contributed by atoms with Crippen molar-refractivity contribution < 1.29 is 23.1 Å². The summed E-state index contributed by atoms with van der Waals surface area (Å²) in [6.45, 7) is 1.35. The zero-order valence-electron chi connectivity index (χ0n) is 14.0. The van der Waals surface area contributed by atoms with Crippen LogP contribution in [0.1, 0.15) is 30.9 Å². The summed E-state index contributed by atoms with van der Waals surface area (Å²) in [5, 5.41) is 7.14. The van der Waals surface area contributed by atoms with E-state index in [1.165, 1.54) is 6.07 Å². The van der Waals surface area contributed by atoms with Gasteiger partial charge in [-0.25, -0.2) is 13.6 Å². The predicted octanol–water partition coefficient (Wildman–Crippen LogP) is 2.27. The van der Waals surface area contributed by atoms with Crippen molar-refractivity contribution in [3.8, 4) is 0 Å². The third-order valence-corrected chi connectivity index (χ3v) is 5.02. The van der Waals surface area contributed by atoms with Crippen LogP contribution in [0.15, 0.2) is 12.1 Å².